The third kappa shape index (κ3) is 4.86. The fourth-order valence-corrected chi connectivity index (χ4v) is 3.10. The first-order valence-corrected chi connectivity index (χ1v) is 8.19. The lowest BCUT2D eigenvalue weighted by molar-refractivity contribution is -0.125. The molecule has 0 spiro atoms. The van der Waals surface area contributed by atoms with E-state index in [1.807, 2.05) is 32.0 Å². The van der Waals surface area contributed by atoms with Crippen molar-refractivity contribution in [3.8, 4) is 0 Å². The van der Waals surface area contributed by atoms with Gasteiger partial charge >= 0.3 is 0 Å². The van der Waals surface area contributed by atoms with E-state index in [1.165, 1.54) is 19.3 Å². The molecule has 1 aliphatic rings. The zero-order valence-electron chi connectivity index (χ0n) is 13.6. The van der Waals surface area contributed by atoms with Crippen LogP contribution in [0.15, 0.2) is 18.2 Å². The minimum Gasteiger partial charge on any atom is -0.347 e. The van der Waals surface area contributed by atoms with E-state index in [-0.39, 0.29) is 18.4 Å². The summed E-state index contributed by atoms with van der Waals surface area (Å²) in [6, 6.07) is 5.89. The molecule has 4 nitrogen and oxygen atoms in total. The van der Waals surface area contributed by atoms with Gasteiger partial charge in [-0.2, -0.15) is 0 Å². The number of aryl methyl sites for hydroxylation is 2. The second-order valence-electron chi connectivity index (χ2n) is 6.30. The highest BCUT2D eigenvalue weighted by Crippen LogP contribution is 2.26. The van der Waals surface area contributed by atoms with Gasteiger partial charge in [-0.1, -0.05) is 37.5 Å². The Hall–Kier alpha value is -1.84. The number of rotatable bonds is 5. The van der Waals surface area contributed by atoms with E-state index in [1.54, 1.807) is 0 Å². The van der Waals surface area contributed by atoms with Crippen LogP contribution in [0.5, 0.6) is 0 Å². The number of para-hydroxylation sites is 1. The normalized spacial score (nSPS) is 15.4. The van der Waals surface area contributed by atoms with Gasteiger partial charge in [-0.25, -0.2) is 0 Å². The molecule has 120 valence electrons. The van der Waals surface area contributed by atoms with Gasteiger partial charge in [0.1, 0.15) is 0 Å². The average molecular weight is 302 g/mol. The maximum absolute atomic E-state index is 12.0. The van der Waals surface area contributed by atoms with E-state index in [2.05, 4.69) is 10.6 Å². The Bertz CT molecular complexity index is 514. The van der Waals surface area contributed by atoms with Crippen LogP contribution in [-0.4, -0.2) is 18.4 Å². The summed E-state index contributed by atoms with van der Waals surface area (Å²) in [6.07, 6.45) is 6.58. The molecular weight excluding hydrogens is 276 g/mol. The van der Waals surface area contributed by atoms with E-state index in [9.17, 15) is 9.59 Å². The first kappa shape index (κ1) is 16.5. The van der Waals surface area contributed by atoms with Crippen LogP contribution in [0.2, 0.25) is 0 Å². The molecule has 2 amide bonds. The molecule has 0 heterocycles. The summed E-state index contributed by atoms with van der Waals surface area (Å²) >= 11 is 0. The maximum Gasteiger partial charge on any atom is 0.243 e. The van der Waals surface area contributed by atoms with Gasteiger partial charge in [0, 0.05) is 12.1 Å². The number of carbonyl (C=O) groups excluding carboxylic acids is 2. The molecule has 2 rings (SSSR count). The number of hydrogen-bond donors (Lipinski definition) is 2. The Kier molecular flexibility index (Phi) is 5.99. The van der Waals surface area contributed by atoms with Crippen LogP contribution in [0, 0.1) is 19.8 Å². The molecule has 1 fully saturated rings. The highest BCUT2D eigenvalue weighted by molar-refractivity contribution is 5.95. The minimum absolute atomic E-state index is 0.0106. The molecule has 1 aromatic carbocycles. The molecule has 1 saturated carbocycles. The third-order valence-corrected chi connectivity index (χ3v) is 4.39. The molecule has 1 aliphatic carbocycles. The number of amides is 2. The van der Waals surface area contributed by atoms with Crippen molar-refractivity contribution >= 4 is 17.5 Å². The first-order valence-electron chi connectivity index (χ1n) is 8.19. The second kappa shape index (κ2) is 7.97. The van der Waals surface area contributed by atoms with Crippen molar-refractivity contribution in [3.05, 3.63) is 29.3 Å². The SMILES string of the molecule is Cc1cccc(C)c1NC(=O)CNC(=O)CC1CCCCC1. The lowest BCUT2D eigenvalue weighted by Crippen LogP contribution is -2.34. The summed E-state index contributed by atoms with van der Waals surface area (Å²) in [6.45, 7) is 3.97. The topological polar surface area (TPSA) is 58.2 Å². The van der Waals surface area contributed by atoms with Crippen molar-refractivity contribution in [3.63, 3.8) is 0 Å². The van der Waals surface area contributed by atoms with E-state index in [4.69, 9.17) is 0 Å². The van der Waals surface area contributed by atoms with E-state index in [0.29, 0.717) is 12.3 Å². The van der Waals surface area contributed by atoms with Gasteiger partial charge in [0.05, 0.1) is 6.54 Å². The van der Waals surface area contributed by atoms with Crippen LogP contribution in [0.3, 0.4) is 0 Å². The van der Waals surface area contributed by atoms with Gasteiger partial charge in [0.15, 0.2) is 0 Å². The van der Waals surface area contributed by atoms with Crippen molar-refractivity contribution in [1.82, 2.24) is 5.32 Å². The predicted molar refractivity (Wildman–Crippen MR) is 88.7 cm³/mol. The zero-order valence-corrected chi connectivity index (χ0v) is 13.6. The molecule has 22 heavy (non-hydrogen) atoms. The number of benzene rings is 1. The first-order chi connectivity index (χ1) is 10.6. The Morgan fingerprint density at radius 1 is 1.05 bits per heavy atom. The monoisotopic (exact) mass is 302 g/mol. The molecule has 0 aliphatic heterocycles. The molecule has 1 aromatic rings. The summed E-state index contributed by atoms with van der Waals surface area (Å²) in [4.78, 5) is 23.9. The van der Waals surface area contributed by atoms with Crippen molar-refractivity contribution < 1.29 is 9.59 Å². The summed E-state index contributed by atoms with van der Waals surface area (Å²) in [5.41, 5.74) is 2.90. The molecule has 0 radical (unpaired) electrons. The van der Waals surface area contributed by atoms with Crippen LogP contribution in [0.25, 0.3) is 0 Å². The van der Waals surface area contributed by atoms with Gasteiger partial charge in [-0.3, -0.25) is 9.59 Å². The van der Waals surface area contributed by atoms with Crippen LogP contribution >= 0.6 is 0 Å². The second-order valence-corrected chi connectivity index (χ2v) is 6.30. The number of hydrogen-bond acceptors (Lipinski definition) is 2. The molecule has 0 unspecified atom stereocenters. The lowest BCUT2D eigenvalue weighted by atomic mass is 9.87. The van der Waals surface area contributed by atoms with Crippen LogP contribution in [0.1, 0.15) is 49.7 Å². The summed E-state index contributed by atoms with van der Waals surface area (Å²) in [5.74, 6) is 0.313. The summed E-state index contributed by atoms with van der Waals surface area (Å²) < 4.78 is 0. The van der Waals surface area contributed by atoms with Crippen molar-refractivity contribution in [2.75, 3.05) is 11.9 Å². The fourth-order valence-electron chi connectivity index (χ4n) is 3.10. The predicted octanol–water partition coefficient (Wildman–Crippen LogP) is 3.33. The van der Waals surface area contributed by atoms with Gasteiger partial charge < -0.3 is 10.6 Å². The number of carbonyl (C=O) groups is 2. The van der Waals surface area contributed by atoms with Gasteiger partial charge in [-0.15, -0.1) is 0 Å². The Labute approximate surface area is 132 Å². The number of nitrogens with one attached hydrogen (secondary N) is 2. The molecular formula is C18H26N2O2. The summed E-state index contributed by atoms with van der Waals surface area (Å²) in [5, 5.41) is 5.62. The lowest BCUT2D eigenvalue weighted by Gasteiger charge is -2.20. The van der Waals surface area contributed by atoms with Crippen molar-refractivity contribution in [1.29, 1.82) is 0 Å². The molecule has 0 aromatic heterocycles. The van der Waals surface area contributed by atoms with Gasteiger partial charge in [0.25, 0.3) is 0 Å². The van der Waals surface area contributed by atoms with E-state index >= 15 is 0 Å². The smallest absolute Gasteiger partial charge is 0.243 e. The van der Waals surface area contributed by atoms with E-state index in [0.717, 1.165) is 29.7 Å². The highest BCUT2D eigenvalue weighted by atomic mass is 16.2. The number of anilines is 1. The Balaban J connectivity index is 1.76. The minimum atomic E-state index is -0.172. The van der Waals surface area contributed by atoms with Crippen LogP contribution in [0.4, 0.5) is 5.69 Å². The highest BCUT2D eigenvalue weighted by Gasteiger charge is 2.17. The van der Waals surface area contributed by atoms with Gasteiger partial charge in [0.2, 0.25) is 11.8 Å². The molecule has 0 bridgehead atoms. The standard InChI is InChI=1S/C18H26N2O2/c1-13-7-6-8-14(2)18(13)20-17(22)12-19-16(21)11-15-9-4-3-5-10-15/h6-8,15H,3-5,9-12H2,1-2H3,(H,19,21)(H,20,22). The van der Waals surface area contributed by atoms with Crippen LogP contribution < -0.4 is 10.6 Å². The molecule has 0 atom stereocenters. The maximum atomic E-state index is 12.0. The third-order valence-electron chi connectivity index (χ3n) is 4.39. The Morgan fingerprint density at radius 3 is 2.32 bits per heavy atom. The molecule has 2 N–H and O–H groups in total. The fraction of sp³-hybridized carbons (Fsp3) is 0.556. The van der Waals surface area contributed by atoms with Crippen LogP contribution in [-0.2, 0) is 9.59 Å². The van der Waals surface area contributed by atoms with Gasteiger partial charge in [-0.05, 0) is 43.7 Å². The quantitative estimate of drug-likeness (QED) is 0.876. The van der Waals surface area contributed by atoms with E-state index < -0.39 is 0 Å². The van der Waals surface area contributed by atoms with Crippen molar-refractivity contribution in [2.24, 2.45) is 5.92 Å². The molecule has 0 saturated heterocycles. The van der Waals surface area contributed by atoms with Crippen molar-refractivity contribution in [2.45, 2.75) is 52.4 Å². The average Bonchev–Trinajstić information content (AvgIpc) is 2.50. The largest absolute Gasteiger partial charge is 0.347 e. The Morgan fingerprint density at radius 2 is 1.68 bits per heavy atom. The summed E-state index contributed by atoms with van der Waals surface area (Å²) in [7, 11) is 0. The molecule has 4 heteroatoms. The zero-order chi connectivity index (χ0) is 15.9.